The third-order valence-corrected chi connectivity index (χ3v) is 3.11. The molecule has 0 radical (unpaired) electrons. The molecule has 0 heterocycles. The van der Waals surface area contributed by atoms with Gasteiger partial charge >= 0.3 is 6.18 Å². The molecule has 0 aliphatic rings. The average molecular weight is 336 g/mol. The number of carbonyl (C=O) groups is 1. The van der Waals surface area contributed by atoms with Crippen molar-refractivity contribution in [2.24, 2.45) is 0 Å². The number of ketones is 1. The molecule has 0 aliphatic heterocycles. The Bertz CT molecular complexity index is 702. The van der Waals surface area contributed by atoms with Gasteiger partial charge in [0.05, 0.1) is 13.0 Å². The molecular weight excluding hydrogens is 321 g/mol. The third-order valence-electron chi connectivity index (χ3n) is 3.11. The lowest BCUT2D eigenvalue weighted by Crippen LogP contribution is -2.12. The maximum atomic E-state index is 12.0. The van der Waals surface area contributed by atoms with E-state index in [0.717, 1.165) is 0 Å². The lowest BCUT2D eigenvalue weighted by molar-refractivity contribution is -0.139. The Morgan fingerprint density at radius 1 is 1.04 bits per heavy atom. The minimum atomic E-state index is -4.24. The van der Waals surface area contributed by atoms with Crippen LogP contribution in [0.4, 0.5) is 13.2 Å². The highest BCUT2D eigenvalue weighted by Crippen LogP contribution is 2.20. The predicted octanol–water partition coefficient (Wildman–Crippen LogP) is 4.62. The maximum Gasteiger partial charge on any atom is 0.392 e. The van der Waals surface area contributed by atoms with Gasteiger partial charge in [-0.15, -0.1) is 0 Å². The Labute approximate surface area is 137 Å². The fourth-order valence-electron chi connectivity index (χ4n) is 1.85. The normalized spacial score (nSPS) is 11.6. The molecule has 0 saturated heterocycles. The number of hydrogen-bond donors (Lipinski definition) is 1. The molecular formula is C18H15F3O3. The third kappa shape index (κ3) is 5.79. The van der Waals surface area contributed by atoms with Gasteiger partial charge in [-0.25, -0.2) is 0 Å². The van der Waals surface area contributed by atoms with Gasteiger partial charge in [-0.05, 0) is 48.0 Å². The number of phenolic OH excluding ortho intramolecular Hbond substituents is 1. The number of halogens is 3. The van der Waals surface area contributed by atoms with Gasteiger partial charge in [-0.3, -0.25) is 4.79 Å². The highest BCUT2D eigenvalue weighted by Gasteiger charge is 2.26. The van der Waals surface area contributed by atoms with Crippen molar-refractivity contribution in [2.45, 2.75) is 12.6 Å². The summed E-state index contributed by atoms with van der Waals surface area (Å²) in [7, 11) is 0. The molecule has 2 aromatic carbocycles. The molecule has 0 aromatic heterocycles. The molecule has 0 unspecified atom stereocenters. The van der Waals surface area contributed by atoms with Crippen molar-refractivity contribution in [3.63, 3.8) is 0 Å². The standard InChI is InChI=1S/C18H15F3O3/c19-18(20,21)11-12-24-16-8-1-13(2-9-16)3-10-17(23)14-4-6-15(22)7-5-14/h1-10,22H,11-12H2. The monoisotopic (exact) mass is 336 g/mol. The number of benzene rings is 2. The van der Waals surface area contributed by atoms with Gasteiger partial charge < -0.3 is 9.84 Å². The number of aromatic hydroxyl groups is 1. The first-order chi connectivity index (χ1) is 11.3. The number of allylic oxidation sites excluding steroid dienone is 1. The Kier molecular flexibility index (Phi) is 5.63. The molecule has 0 saturated carbocycles. The van der Waals surface area contributed by atoms with Crippen LogP contribution < -0.4 is 4.74 Å². The summed E-state index contributed by atoms with van der Waals surface area (Å²) < 4.78 is 41.1. The van der Waals surface area contributed by atoms with E-state index in [1.165, 1.54) is 30.3 Å². The van der Waals surface area contributed by atoms with E-state index in [2.05, 4.69) is 0 Å². The second-order valence-electron chi connectivity index (χ2n) is 5.03. The Hall–Kier alpha value is -2.76. The van der Waals surface area contributed by atoms with Crippen molar-refractivity contribution in [1.29, 1.82) is 0 Å². The predicted molar refractivity (Wildman–Crippen MR) is 84.1 cm³/mol. The van der Waals surface area contributed by atoms with Gasteiger partial charge in [0.2, 0.25) is 0 Å². The SMILES string of the molecule is O=C(C=Cc1ccc(OCCC(F)(F)F)cc1)c1ccc(O)cc1. The van der Waals surface area contributed by atoms with Crippen LogP contribution >= 0.6 is 0 Å². The quantitative estimate of drug-likeness (QED) is 0.618. The Balaban J connectivity index is 1.91. The number of hydrogen-bond acceptors (Lipinski definition) is 3. The largest absolute Gasteiger partial charge is 0.508 e. The summed E-state index contributed by atoms with van der Waals surface area (Å²) in [5.74, 6) is 0.193. The van der Waals surface area contributed by atoms with E-state index in [0.29, 0.717) is 16.9 Å². The number of ether oxygens (including phenoxy) is 1. The molecule has 1 N–H and O–H groups in total. The summed E-state index contributed by atoms with van der Waals surface area (Å²) in [4.78, 5) is 11.9. The topological polar surface area (TPSA) is 46.5 Å². The molecule has 0 atom stereocenters. The number of phenols is 1. The smallest absolute Gasteiger partial charge is 0.392 e. The molecule has 0 bridgehead atoms. The molecule has 0 aliphatic carbocycles. The van der Waals surface area contributed by atoms with Gasteiger partial charge in [0.1, 0.15) is 11.5 Å². The van der Waals surface area contributed by atoms with Crippen LogP contribution in [-0.4, -0.2) is 23.7 Å². The van der Waals surface area contributed by atoms with Crippen LogP contribution in [0.5, 0.6) is 11.5 Å². The molecule has 6 heteroatoms. The number of alkyl halides is 3. The van der Waals surface area contributed by atoms with E-state index in [1.807, 2.05) is 0 Å². The lowest BCUT2D eigenvalue weighted by atomic mass is 10.1. The zero-order valence-corrected chi connectivity index (χ0v) is 12.6. The average Bonchev–Trinajstić information content (AvgIpc) is 2.53. The summed E-state index contributed by atoms with van der Waals surface area (Å²) in [5, 5.41) is 9.17. The van der Waals surface area contributed by atoms with Crippen molar-refractivity contribution < 1.29 is 27.8 Å². The van der Waals surface area contributed by atoms with Crippen molar-refractivity contribution in [1.82, 2.24) is 0 Å². The van der Waals surface area contributed by atoms with Gasteiger partial charge in [0, 0.05) is 5.56 Å². The van der Waals surface area contributed by atoms with Crippen LogP contribution in [0.15, 0.2) is 54.6 Å². The molecule has 0 fully saturated rings. The van der Waals surface area contributed by atoms with Gasteiger partial charge in [0.15, 0.2) is 5.78 Å². The molecule has 2 rings (SSSR count). The molecule has 2 aromatic rings. The van der Waals surface area contributed by atoms with E-state index in [9.17, 15) is 23.1 Å². The van der Waals surface area contributed by atoms with Crippen LogP contribution in [-0.2, 0) is 0 Å². The zero-order valence-electron chi connectivity index (χ0n) is 12.6. The fourth-order valence-corrected chi connectivity index (χ4v) is 1.85. The van der Waals surface area contributed by atoms with Crippen LogP contribution in [0.25, 0.3) is 6.08 Å². The van der Waals surface area contributed by atoms with E-state index < -0.39 is 19.2 Å². The molecule has 3 nitrogen and oxygen atoms in total. The summed E-state index contributed by atoms with van der Waals surface area (Å²) in [6, 6.07) is 12.2. The number of carbonyl (C=O) groups excluding carboxylic acids is 1. The van der Waals surface area contributed by atoms with E-state index in [-0.39, 0.29) is 11.5 Å². The van der Waals surface area contributed by atoms with E-state index in [4.69, 9.17) is 4.74 Å². The van der Waals surface area contributed by atoms with Crippen molar-refractivity contribution in [3.8, 4) is 11.5 Å². The first kappa shape index (κ1) is 17.6. The van der Waals surface area contributed by atoms with Crippen molar-refractivity contribution in [2.75, 3.05) is 6.61 Å². The summed E-state index contributed by atoms with van der Waals surface area (Å²) >= 11 is 0. The summed E-state index contributed by atoms with van der Waals surface area (Å²) in [6.45, 7) is -0.433. The van der Waals surface area contributed by atoms with Crippen molar-refractivity contribution >= 4 is 11.9 Å². The van der Waals surface area contributed by atoms with Crippen molar-refractivity contribution in [3.05, 3.63) is 65.7 Å². The van der Waals surface area contributed by atoms with Gasteiger partial charge in [0.25, 0.3) is 0 Å². The Morgan fingerprint density at radius 2 is 1.67 bits per heavy atom. The van der Waals surface area contributed by atoms with Crippen LogP contribution in [0.3, 0.4) is 0 Å². The van der Waals surface area contributed by atoms with Crippen LogP contribution in [0, 0.1) is 0 Å². The highest BCUT2D eigenvalue weighted by molar-refractivity contribution is 6.06. The Morgan fingerprint density at radius 3 is 2.25 bits per heavy atom. The maximum absolute atomic E-state index is 12.0. The molecule has 126 valence electrons. The van der Waals surface area contributed by atoms with Crippen LogP contribution in [0.1, 0.15) is 22.3 Å². The second-order valence-corrected chi connectivity index (χ2v) is 5.03. The molecule has 0 spiro atoms. The second kappa shape index (κ2) is 7.68. The first-order valence-corrected chi connectivity index (χ1v) is 7.14. The van der Waals surface area contributed by atoms with Gasteiger partial charge in [-0.2, -0.15) is 13.2 Å². The molecule has 24 heavy (non-hydrogen) atoms. The van der Waals surface area contributed by atoms with Gasteiger partial charge in [-0.1, -0.05) is 18.2 Å². The fraction of sp³-hybridized carbons (Fsp3) is 0.167. The zero-order chi connectivity index (χ0) is 17.6. The highest BCUT2D eigenvalue weighted by atomic mass is 19.4. The lowest BCUT2D eigenvalue weighted by Gasteiger charge is -2.08. The van der Waals surface area contributed by atoms with E-state index in [1.54, 1.807) is 30.3 Å². The number of rotatable bonds is 6. The summed E-state index contributed by atoms with van der Waals surface area (Å²) in [5.41, 5.74) is 1.15. The van der Waals surface area contributed by atoms with Crippen LogP contribution in [0.2, 0.25) is 0 Å². The van der Waals surface area contributed by atoms with E-state index >= 15 is 0 Å². The summed E-state index contributed by atoms with van der Waals surface area (Å²) in [6.07, 6.45) is -2.27. The molecule has 0 amide bonds. The minimum absolute atomic E-state index is 0.0802. The minimum Gasteiger partial charge on any atom is -0.508 e. The first-order valence-electron chi connectivity index (χ1n) is 7.14.